The quantitative estimate of drug-likeness (QED) is 0.321. The summed E-state index contributed by atoms with van der Waals surface area (Å²) in [6.45, 7) is 13.8. The number of carbonyl (C=O) groups excluding carboxylic acids is 3. The molecule has 4 rings (SSSR count). The van der Waals surface area contributed by atoms with Gasteiger partial charge in [0.25, 0.3) is 5.91 Å². The lowest BCUT2D eigenvalue weighted by Gasteiger charge is -2.34. The second-order valence-electron chi connectivity index (χ2n) is 12.6. The average Bonchev–Trinajstić information content (AvgIpc) is 3.25. The van der Waals surface area contributed by atoms with Crippen LogP contribution in [0.5, 0.6) is 0 Å². The van der Waals surface area contributed by atoms with E-state index in [-0.39, 0.29) is 23.8 Å². The molecule has 1 aliphatic carbocycles. The zero-order valence-corrected chi connectivity index (χ0v) is 25.3. The van der Waals surface area contributed by atoms with Crippen LogP contribution in [0.4, 0.5) is 10.5 Å². The molecule has 0 saturated heterocycles. The van der Waals surface area contributed by atoms with E-state index in [2.05, 4.69) is 42.8 Å². The van der Waals surface area contributed by atoms with Crippen molar-refractivity contribution in [3.63, 3.8) is 0 Å². The van der Waals surface area contributed by atoms with E-state index in [9.17, 15) is 14.4 Å². The maximum Gasteiger partial charge on any atom is 0.407 e. The number of hydrogen-bond donors (Lipinski definition) is 3. The summed E-state index contributed by atoms with van der Waals surface area (Å²) in [6, 6.07) is 10.7. The number of nitrogens with zero attached hydrogens (tertiary/aromatic N) is 1. The second-order valence-corrected chi connectivity index (χ2v) is 13.7. The Labute approximate surface area is 240 Å². The highest BCUT2D eigenvalue weighted by Gasteiger charge is 2.30. The third-order valence-electron chi connectivity index (χ3n) is 7.09. The van der Waals surface area contributed by atoms with Crippen LogP contribution in [0.2, 0.25) is 0 Å². The standard InChI is InChI=1S/C31H40N4O4S/c1-18(36)33-23-10-8-9-19(15-23)25(17-32-29(38)39-31(5,6)7)34-27(37)26-16-21-13-20-14-22(30(2,3)4)11-12-24(20)35-28(21)40-26/h8-10,13,15-16,22,25H,11-12,14,17H2,1-7H3,(H,32,38)(H,33,36)(H,34,37)/t22?,25-/m1/s1. The molecule has 1 unspecified atom stereocenters. The van der Waals surface area contributed by atoms with Gasteiger partial charge in [-0.2, -0.15) is 0 Å². The fourth-order valence-electron chi connectivity index (χ4n) is 4.99. The van der Waals surface area contributed by atoms with Crippen LogP contribution >= 0.6 is 11.3 Å². The Bertz CT molecular complexity index is 1420. The van der Waals surface area contributed by atoms with Crippen molar-refractivity contribution in [1.29, 1.82) is 0 Å². The molecule has 0 aliphatic heterocycles. The van der Waals surface area contributed by atoms with E-state index >= 15 is 0 Å². The van der Waals surface area contributed by atoms with E-state index < -0.39 is 17.7 Å². The molecular formula is C31H40N4O4S. The maximum atomic E-state index is 13.5. The van der Waals surface area contributed by atoms with Crippen molar-refractivity contribution in [3.8, 4) is 0 Å². The monoisotopic (exact) mass is 564 g/mol. The van der Waals surface area contributed by atoms with Gasteiger partial charge >= 0.3 is 6.09 Å². The minimum Gasteiger partial charge on any atom is -0.444 e. The molecule has 0 bridgehead atoms. The van der Waals surface area contributed by atoms with Gasteiger partial charge in [0.15, 0.2) is 0 Å². The van der Waals surface area contributed by atoms with Crippen LogP contribution in [-0.2, 0) is 22.4 Å². The number of anilines is 1. The first-order valence-corrected chi connectivity index (χ1v) is 14.6. The Morgan fingerprint density at radius 1 is 1.10 bits per heavy atom. The molecule has 1 aromatic carbocycles. The van der Waals surface area contributed by atoms with Gasteiger partial charge in [0.05, 0.1) is 10.9 Å². The van der Waals surface area contributed by atoms with Crippen molar-refractivity contribution in [2.24, 2.45) is 11.3 Å². The first kappa shape index (κ1) is 29.5. The molecule has 8 nitrogen and oxygen atoms in total. The number of fused-ring (bicyclic) bond motifs is 2. The predicted octanol–water partition coefficient (Wildman–Crippen LogP) is 6.40. The van der Waals surface area contributed by atoms with Crippen LogP contribution in [0.3, 0.4) is 0 Å². The molecule has 2 atom stereocenters. The molecule has 3 aromatic rings. The Kier molecular flexibility index (Phi) is 8.54. The zero-order valence-electron chi connectivity index (χ0n) is 24.4. The summed E-state index contributed by atoms with van der Waals surface area (Å²) in [5.41, 5.74) is 3.34. The molecule has 1 aliphatic rings. The number of alkyl carbamates (subject to hydrolysis) is 1. The van der Waals surface area contributed by atoms with Crippen LogP contribution in [0, 0.1) is 11.3 Å². The number of ether oxygens (including phenoxy) is 1. The van der Waals surface area contributed by atoms with E-state index in [4.69, 9.17) is 9.72 Å². The van der Waals surface area contributed by atoms with Gasteiger partial charge in [-0.25, -0.2) is 9.78 Å². The van der Waals surface area contributed by atoms with E-state index in [1.54, 1.807) is 39.0 Å². The Hall–Kier alpha value is -3.46. The topological polar surface area (TPSA) is 109 Å². The number of rotatable bonds is 6. The van der Waals surface area contributed by atoms with Crippen molar-refractivity contribution >= 4 is 45.1 Å². The fraction of sp³-hybridized carbons (Fsp3) is 0.484. The fourth-order valence-corrected chi connectivity index (χ4v) is 5.93. The van der Waals surface area contributed by atoms with Crippen LogP contribution < -0.4 is 16.0 Å². The van der Waals surface area contributed by atoms with Gasteiger partial charge in [0, 0.05) is 30.2 Å². The van der Waals surface area contributed by atoms with Crippen LogP contribution in [0.1, 0.15) is 87.4 Å². The molecule has 3 N–H and O–H groups in total. The molecule has 40 heavy (non-hydrogen) atoms. The lowest BCUT2D eigenvalue weighted by atomic mass is 9.71. The molecule has 0 fully saturated rings. The minimum absolute atomic E-state index is 0.107. The van der Waals surface area contributed by atoms with Gasteiger partial charge in [0.2, 0.25) is 5.91 Å². The lowest BCUT2D eigenvalue weighted by Crippen LogP contribution is -2.40. The second kappa shape index (κ2) is 11.6. The maximum absolute atomic E-state index is 13.5. The van der Waals surface area contributed by atoms with Gasteiger partial charge in [-0.05, 0) is 86.8 Å². The summed E-state index contributed by atoms with van der Waals surface area (Å²) in [5.74, 6) is 0.153. The largest absolute Gasteiger partial charge is 0.444 e. The number of thiophene rings is 1. The first-order valence-electron chi connectivity index (χ1n) is 13.8. The smallest absolute Gasteiger partial charge is 0.407 e. The number of carbonyl (C=O) groups is 3. The molecular weight excluding hydrogens is 524 g/mol. The molecule has 0 radical (unpaired) electrons. The number of aromatic nitrogens is 1. The Morgan fingerprint density at radius 2 is 1.85 bits per heavy atom. The highest BCUT2D eigenvalue weighted by molar-refractivity contribution is 7.20. The normalized spacial score (nSPS) is 16.1. The summed E-state index contributed by atoms with van der Waals surface area (Å²) in [6.07, 6.45) is 2.50. The predicted molar refractivity (Wildman–Crippen MR) is 160 cm³/mol. The SMILES string of the molecule is CC(=O)Nc1cccc([C@@H](CNC(=O)OC(C)(C)C)NC(=O)c2cc3cc4c(nc3s2)CCC(C(C)(C)C)C4)c1. The summed E-state index contributed by atoms with van der Waals surface area (Å²) < 4.78 is 5.38. The van der Waals surface area contributed by atoms with Gasteiger partial charge in [-0.1, -0.05) is 32.9 Å². The van der Waals surface area contributed by atoms with E-state index in [0.29, 0.717) is 16.5 Å². The van der Waals surface area contributed by atoms with Crippen molar-refractivity contribution in [1.82, 2.24) is 15.6 Å². The zero-order chi connectivity index (χ0) is 29.2. The molecule has 9 heteroatoms. The van der Waals surface area contributed by atoms with Crippen molar-refractivity contribution < 1.29 is 19.1 Å². The van der Waals surface area contributed by atoms with E-state index in [1.807, 2.05) is 12.1 Å². The summed E-state index contributed by atoms with van der Waals surface area (Å²) in [7, 11) is 0. The third-order valence-corrected chi connectivity index (χ3v) is 8.13. The number of hydrogen-bond acceptors (Lipinski definition) is 6. The van der Waals surface area contributed by atoms with Gasteiger partial charge in [-0.3, -0.25) is 9.59 Å². The van der Waals surface area contributed by atoms with Crippen LogP contribution in [-0.4, -0.2) is 35.0 Å². The minimum atomic E-state index is -0.649. The Morgan fingerprint density at radius 3 is 2.52 bits per heavy atom. The summed E-state index contributed by atoms with van der Waals surface area (Å²) in [4.78, 5) is 43.8. The van der Waals surface area contributed by atoms with E-state index in [1.165, 1.54) is 23.8 Å². The lowest BCUT2D eigenvalue weighted by molar-refractivity contribution is -0.114. The molecule has 0 saturated carbocycles. The first-order chi connectivity index (χ1) is 18.7. The highest BCUT2D eigenvalue weighted by atomic mass is 32.1. The molecule has 2 heterocycles. The highest BCUT2D eigenvalue weighted by Crippen LogP contribution is 2.38. The van der Waals surface area contributed by atoms with Gasteiger partial charge in [-0.15, -0.1) is 11.3 Å². The van der Waals surface area contributed by atoms with Crippen molar-refractivity contribution in [2.75, 3.05) is 11.9 Å². The molecule has 214 valence electrons. The number of amides is 3. The van der Waals surface area contributed by atoms with Crippen LogP contribution in [0.25, 0.3) is 10.2 Å². The molecule has 2 aromatic heterocycles. The van der Waals surface area contributed by atoms with Gasteiger partial charge < -0.3 is 20.7 Å². The number of nitrogens with one attached hydrogen (secondary N) is 3. The van der Waals surface area contributed by atoms with Crippen LogP contribution in [0.15, 0.2) is 36.4 Å². The number of pyridine rings is 1. The van der Waals surface area contributed by atoms with Gasteiger partial charge in [0.1, 0.15) is 10.4 Å². The molecule has 3 amide bonds. The van der Waals surface area contributed by atoms with E-state index in [0.717, 1.165) is 40.7 Å². The average molecular weight is 565 g/mol. The summed E-state index contributed by atoms with van der Waals surface area (Å²) >= 11 is 1.37. The Balaban J connectivity index is 1.56. The molecule has 0 spiro atoms. The number of benzene rings is 1. The summed E-state index contributed by atoms with van der Waals surface area (Å²) in [5, 5.41) is 9.57. The van der Waals surface area contributed by atoms with Crippen molar-refractivity contribution in [2.45, 2.75) is 79.4 Å². The number of aryl methyl sites for hydroxylation is 1. The third kappa shape index (κ3) is 7.59. The van der Waals surface area contributed by atoms with Crippen molar-refractivity contribution in [3.05, 3.63) is 58.1 Å².